The molecule has 0 aromatic heterocycles. The second kappa shape index (κ2) is 6.04. The second-order valence-corrected chi connectivity index (χ2v) is 6.76. The Labute approximate surface area is 128 Å². The molecule has 0 radical (unpaired) electrons. The zero-order chi connectivity index (χ0) is 14.8. The van der Waals surface area contributed by atoms with E-state index in [0.29, 0.717) is 13.1 Å². The van der Waals surface area contributed by atoms with Gasteiger partial charge in [0.25, 0.3) is 0 Å². The van der Waals surface area contributed by atoms with Gasteiger partial charge in [-0.1, -0.05) is 12.1 Å². The monoisotopic (exact) mass is 340 g/mol. The van der Waals surface area contributed by atoms with Crippen LogP contribution in [0.25, 0.3) is 0 Å². The Kier molecular flexibility index (Phi) is 4.58. The van der Waals surface area contributed by atoms with Crippen molar-refractivity contribution in [3.8, 4) is 0 Å². The van der Waals surface area contributed by atoms with Crippen molar-refractivity contribution in [1.82, 2.24) is 4.90 Å². The van der Waals surface area contributed by atoms with Crippen LogP contribution in [0.5, 0.6) is 0 Å². The fourth-order valence-electron chi connectivity index (χ4n) is 2.16. The Morgan fingerprint density at radius 2 is 1.75 bits per heavy atom. The van der Waals surface area contributed by atoms with E-state index in [-0.39, 0.29) is 6.09 Å². The van der Waals surface area contributed by atoms with Crippen LogP contribution >= 0.6 is 15.9 Å². The number of benzene rings is 1. The fourth-order valence-corrected chi connectivity index (χ4v) is 2.70. The van der Waals surface area contributed by atoms with E-state index in [2.05, 4.69) is 26.9 Å². The van der Waals surface area contributed by atoms with E-state index in [1.54, 1.807) is 4.90 Å². The smallest absolute Gasteiger partial charge is 0.410 e. The highest BCUT2D eigenvalue weighted by Gasteiger charge is 2.26. The van der Waals surface area contributed by atoms with Crippen molar-refractivity contribution in [3.05, 3.63) is 28.7 Å². The van der Waals surface area contributed by atoms with Crippen molar-refractivity contribution in [2.75, 3.05) is 31.1 Å². The average molecular weight is 341 g/mol. The SMILES string of the molecule is CC(C)(C)OC(=O)N1CCN(c2ccccc2Br)CC1. The molecule has 1 saturated heterocycles. The zero-order valence-electron chi connectivity index (χ0n) is 12.2. The zero-order valence-corrected chi connectivity index (χ0v) is 13.8. The van der Waals surface area contributed by atoms with Crippen LogP contribution in [-0.2, 0) is 4.74 Å². The summed E-state index contributed by atoms with van der Waals surface area (Å²) in [6.45, 7) is 8.70. The number of anilines is 1. The highest BCUT2D eigenvalue weighted by atomic mass is 79.9. The van der Waals surface area contributed by atoms with Crippen LogP contribution in [0, 0.1) is 0 Å². The molecule has 5 heteroatoms. The Hall–Kier alpha value is -1.23. The lowest BCUT2D eigenvalue weighted by Crippen LogP contribution is -2.50. The molecule has 0 unspecified atom stereocenters. The van der Waals surface area contributed by atoms with Crippen LogP contribution in [0.1, 0.15) is 20.8 Å². The molecular weight excluding hydrogens is 320 g/mol. The van der Waals surface area contributed by atoms with Gasteiger partial charge in [0.05, 0.1) is 5.69 Å². The molecule has 1 aliphatic rings. The maximum Gasteiger partial charge on any atom is 0.410 e. The molecule has 0 atom stereocenters. The van der Waals surface area contributed by atoms with Crippen molar-refractivity contribution < 1.29 is 9.53 Å². The van der Waals surface area contributed by atoms with Crippen molar-refractivity contribution in [2.45, 2.75) is 26.4 Å². The number of ether oxygens (including phenoxy) is 1. The number of piperazine rings is 1. The van der Waals surface area contributed by atoms with Gasteiger partial charge in [-0.25, -0.2) is 4.79 Å². The fraction of sp³-hybridized carbons (Fsp3) is 0.533. The molecule has 1 aromatic carbocycles. The third kappa shape index (κ3) is 3.88. The Morgan fingerprint density at radius 1 is 1.15 bits per heavy atom. The van der Waals surface area contributed by atoms with Crippen LogP contribution < -0.4 is 4.90 Å². The summed E-state index contributed by atoms with van der Waals surface area (Å²) < 4.78 is 6.49. The number of nitrogens with zero attached hydrogens (tertiary/aromatic N) is 2. The number of carbonyl (C=O) groups excluding carboxylic acids is 1. The molecule has 4 nitrogen and oxygen atoms in total. The molecular formula is C15H21BrN2O2. The molecule has 20 heavy (non-hydrogen) atoms. The maximum absolute atomic E-state index is 12.0. The lowest BCUT2D eigenvalue weighted by atomic mass is 10.2. The van der Waals surface area contributed by atoms with E-state index in [1.807, 2.05) is 39.0 Å². The summed E-state index contributed by atoms with van der Waals surface area (Å²) in [5.74, 6) is 0. The summed E-state index contributed by atoms with van der Waals surface area (Å²) in [6.07, 6.45) is -0.218. The first-order valence-corrected chi connectivity index (χ1v) is 7.63. The summed E-state index contributed by atoms with van der Waals surface area (Å²) in [7, 11) is 0. The molecule has 1 aromatic rings. The van der Waals surface area contributed by atoms with Gasteiger partial charge in [-0.05, 0) is 48.8 Å². The minimum Gasteiger partial charge on any atom is -0.444 e. The predicted octanol–water partition coefficient (Wildman–Crippen LogP) is 3.51. The average Bonchev–Trinajstić information content (AvgIpc) is 2.37. The first-order chi connectivity index (χ1) is 9.37. The van der Waals surface area contributed by atoms with E-state index in [9.17, 15) is 4.79 Å². The van der Waals surface area contributed by atoms with Crippen molar-refractivity contribution >= 4 is 27.7 Å². The Balaban J connectivity index is 1.93. The quantitative estimate of drug-likeness (QED) is 0.784. The van der Waals surface area contributed by atoms with Crippen LogP contribution in [-0.4, -0.2) is 42.8 Å². The third-order valence-corrected chi connectivity index (χ3v) is 3.80. The van der Waals surface area contributed by atoms with Crippen LogP contribution in [0.4, 0.5) is 10.5 Å². The largest absolute Gasteiger partial charge is 0.444 e. The first-order valence-electron chi connectivity index (χ1n) is 6.84. The van der Waals surface area contributed by atoms with Gasteiger partial charge in [0, 0.05) is 30.7 Å². The standard InChI is InChI=1S/C15H21BrN2O2/c1-15(2,3)20-14(19)18-10-8-17(9-11-18)13-7-5-4-6-12(13)16/h4-7H,8-11H2,1-3H3. The highest BCUT2D eigenvalue weighted by Crippen LogP contribution is 2.26. The van der Waals surface area contributed by atoms with Gasteiger partial charge in [-0.15, -0.1) is 0 Å². The van der Waals surface area contributed by atoms with E-state index in [0.717, 1.165) is 17.6 Å². The van der Waals surface area contributed by atoms with E-state index < -0.39 is 5.60 Å². The molecule has 0 saturated carbocycles. The molecule has 1 heterocycles. The number of rotatable bonds is 1. The van der Waals surface area contributed by atoms with Gasteiger partial charge < -0.3 is 14.5 Å². The maximum atomic E-state index is 12.0. The van der Waals surface area contributed by atoms with Crippen LogP contribution in [0.2, 0.25) is 0 Å². The highest BCUT2D eigenvalue weighted by molar-refractivity contribution is 9.10. The Morgan fingerprint density at radius 3 is 2.30 bits per heavy atom. The minimum atomic E-state index is -0.434. The lowest BCUT2D eigenvalue weighted by Gasteiger charge is -2.37. The van der Waals surface area contributed by atoms with Gasteiger partial charge in [-0.3, -0.25) is 0 Å². The van der Waals surface area contributed by atoms with Crippen LogP contribution in [0.3, 0.4) is 0 Å². The van der Waals surface area contributed by atoms with E-state index in [1.165, 1.54) is 5.69 Å². The van der Waals surface area contributed by atoms with Crippen molar-refractivity contribution in [3.63, 3.8) is 0 Å². The molecule has 2 rings (SSSR count). The summed E-state index contributed by atoms with van der Waals surface area (Å²) >= 11 is 3.57. The number of hydrogen-bond donors (Lipinski definition) is 0. The van der Waals surface area contributed by atoms with E-state index >= 15 is 0 Å². The molecule has 1 fully saturated rings. The molecule has 1 amide bonds. The minimum absolute atomic E-state index is 0.218. The summed E-state index contributed by atoms with van der Waals surface area (Å²) in [6, 6.07) is 8.16. The van der Waals surface area contributed by atoms with Crippen molar-refractivity contribution in [2.24, 2.45) is 0 Å². The topological polar surface area (TPSA) is 32.8 Å². The lowest BCUT2D eigenvalue weighted by molar-refractivity contribution is 0.0240. The normalized spacial score (nSPS) is 16.2. The number of hydrogen-bond acceptors (Lipinski definition) is 3. The van der Waals surface area contributed by atoms with Gasteiger partial charge in [0.1, 0.15) is 5.60 Å². The number of carbonyl (C=O) groups is 1. The Bertz CT molecular complexity index is 477. The van der Waals surface area contributed by atoms with Crippen molar-refractivity contribution in [1.29, 1.82) is 0 Å². The molecule has 1 aliphatic heterocycles. The molecule has 0 spiro atoms. The summed E-state index contributed by atoms with van der Waals surface area (Å²) in [4.78, 5) is 16.1. The molecule has 110 valence electrons. The number of amides is 1. The van der Waals surface area contributed by atoms with Crippen LogP contribution in [0.15, 0.2) is 28.7 Å². The molecule has 0 N–H and O–H groups in total. The third-order valence-electron chi connectivity index (χ3n) is 3.12. The predicted molar refractivity (Wildman–Crippen MR) is 84.2 cm³/mol. The number of halogens is 1. The van der Waals surface area contributed by atoms with Gasteiger partial charge in [0.15, 0.2) is 0 Å². The number of para-hydroxylation sites is 1. The molecule has 0 aliphatic carbocycles. The molecule has 0 bridgehead atoms. The van der Waals surface area contributed by atoms with Gasteiger partial charge >= 0.3 is 6.09 Å². The summed E-state index contributed by atoms with van der Waals surface area (Å²) in [5, 5.41) is 0. The van der Waals surface area contributed by atoms with Gasteiger partial charge in [0.2, 0.25) is 0 Å². The summed E-state index contributed by atoms with van der Waals surface area (Å²) in [5.41, 5.74) is 0.743. The first kappa shape index (κ1) is 15.2. The second-order valence-electron chi connectivity index (χ2n) is 5.91. The van der Waals surface area contributed by atoms with Gasteiger partial charge in [-0.2, -0.15) is 0 Å². The van der Waals surface area contributed by atoms with E-state index in [4.69, 9.17) is 4.74 Å².